The molecule has 6 aromatic rings. The van der Waals surface area contributed by atoms with Gasteiger partial charge >= 0.3 is 5.97 Å². The zero-order valence-corrected chi connectivity index (χ0v) is 37.6. The molecule has 0 heterocycles. The van der Waals surface area contributed by atoms with Crippen LogP contribution >= 0.6 is 23.2 Å². The van der Waals surface area contributed by atoms with E-state index in [2.05, 4.69) is 42.4 Å². The molecule has 0 unspecified atom stereocenters. The number of carbonyl (C=O) groups excluding carboxylic acids is 2. The second kappa shape index (κ2) is 28.5. The largest absolute Gasteiger partial charge is 0.463 e. The Balaban J connectivity index is 0.000000258. The Kier molecular flexibility index (Phi) is 22.2. The summed E-state index contributed by atoms with van der Waals surface area (Å²) in [5.74, 6) is 11.7. The third-order valence-electron chi connectivity index (χ3n) is 9.60. The van der Waals surface area contributed by atoms with Crippen LogP contribution in [-0.4, -0.2) is 35.4 Å². The molecule has 0 aliphatic carbocycles. The molecule has 0 atom stereocenters. The maximum absolute atomic E-state index is 14.7. The van der Waals surface area contributed by atoms with E-state index in [-0.39, 0.29) is 29.9 Å². The summed E-state index contributed by atoms with van der Waals surface area (Å²) in [7, 11) is 0. The van der Waals surface area contributed by atoms with Crippen LogP contribution in [-0.2, 0) is 14.3 Å². The Morgan fingerprint density at radius 2 is 0.985 bits per heavy atom. The van der Waals surface area contributed by atoms with E-state index >= 15 is 0 Å². The van der Waals surface area contributed by atoms with Crippen LogP contribution in [0.1, 0.15) is 67.2 Å². The van der Waals surface area contributed by atoms with Crippen molar-refractivity contribution >= 4 is 34.4 Å². The maximum atomic E-state index is 14.7. The average Bonchev–Trinajstić information content (AvgIpc) is 3.34. The van der Waals surface area contributed by atoms with E-state index in [9.17, 15) is 18.4 Å². The number of benzene rings is 6. The Hall–Kier alpha value is -7.30. The predicted octanol–water partition coefficient (Wildman–Crippen LogP) is 13.2. The molecule has 0 spiro atoms. The number of nitriles is 2. The van der Waals surface area contributed by atoms with Gasteiger partial charge in [-0.05, 0) is 131 Å². The van der Waals surface area contributed by atoms with Crippen molar-refractivity contribution in [1.82, 2.24) is 0 Å². The number of carbonyl (C=O) groups is 2. The van der Waals surface area contributed by atoms with E-state index in [1.807, 2.05) is 60.7 Å². The van der Waals surface area contributed by atoms with Gasteiger partial charge in [0.05, 0.1) is 29.9 Å². The van der Waals surface area contributed by atoms with Gasteiger partial charge in [-0.15, -0.1) is 11.6 Å². The quantitative estimate of drug-likeness (QED) is 0.0291. The van der Waals surface area contributed by atoms with Gasteiger partial charge in [0, 0.05) is 60.1 Å². The highest BCUT2D eigenvalue weighted by molar-refractivity contribution is 6.63. The molecule has 0 aliphatic heterocycles. The lowest BCUT2D eigenvalue weighted by Gasteiger charge is -2.07. The topological polar surface area (TPSA) is 111 Å². The van der Waals surface area contributed by atoms with Crippen molar-refractivity contribution in [3.63, 3.8) is 0 Å². The predicted molar refractivity (Wildman–Crippen MR) is 260 cm³/mol. The van der Waals surface area contributed by atoms with Gasteiger partial charge in [-0.1, -0.05) is 103 Å². The monoisotopic (exact) mass is 918 g/mol. The lowest BCUT2D eigenvalue weighted by Crippen LogP contribution is -2.01. The van der Waals surface area contributed by atoms with Crippen LogP contribution in [0.2, 0.25) is 0 Å². The second-order valence-corrected chi connectivity index (χ2v) is 15.1. The van der Waals surface area contributed by atoms with Crippen molar-refractivity contribution in [1.29, 1.82) is 10.5 Å². The lowest BCUT2D eigenvalue weighted by molar-refractivity contribution is -0.137. The summed E-state index contributed by atoms with van der Waals surface area (Å²) < 4.78 is 34.3. The fourth-order valence-corrected chi connectivity index (χ4v) is 6.44. The van der Waals surface area contributed by atoms with Gasteiger partial charge in [0.2, 0.25) is 5.24 Å². The minimum Gasteiger partial charge on any atom is -0.463 e. The van der Waals surface area contributed by atoms with Gasteiger partial charge < -0.3 is 9.84 Å². The molecule has 6 nitrogen and oxygen atoms in total. The molecule has 6 aromatic carbocycles. The molecule has 0 saturated carbocycles. The summed E-state index contributed by atoms with van der Waals surface area (Å²) in [5.41, 5.74) is 8.82. The molecular weight excluding hydrogens is 874 g/mol. The lowest BCUT2D eigenvalue weighted by atomic mass is 9.98. The van der Waals surface area contributed by atoms with Gasteiger partial charge in [-0.25, -0.2) is 13.6 Å². The smallest absolute Gasteiger partial charge is 0.330 e. The summed E-state index contributed by atoms with van der Waals surface area (Å²) in [6, 6.07) is 43.6. The Morgan fingerprint density at radius 1 is 0.591 bits per heavy atom. The molecule has 66 heavy (non-hydrogen) atoms. The zero-order valence-electron chi connectivity index (χ0n) is 36.1. The highest BCUT2D eigenvalue weighted by atomic mass is 35.5. The summed E-state index contributed by atoms with van der Waals surface area (Å²) in [6.07, 6.45) is 6.19. The fraction of sp³-hybridized carbons (Fsp3) is 0.179. The van der Waals surface area contributed by atoms with E-state index in [0.29, 0.717) is 34.7 Å². The molecule has 0 amide bonds. The van der Waals surface area contributed by atoms with Crippen LogP contribution in [0.25, 0.3) is 44.5 Å². The Morgan fingerprint density at radius 3 is 1.33 bits per heavy atom. The van der Waals surface area contributed by atoms with Gasteiger partial charge in [-0.3, -0.25) is 4.79 Å². The van der Waals surface area contributed by atoms with E-state index in [0.717, 1.165) is 89.1 Å². The number of aliphatic hydroxyl groups excluding tert-OH is 1. The van der Waals surface area contributed by atoms with Crippen molar-refractivity contribution in [3.8, 4) is 80.3 Å². The third-order valence-corrected chi connectivity index (χ3v) is 9.98. The molecule has 0 fully saturated rings. The fourth-order valence-electron chi connectivity index (χ4n) is 6.07. The third kappa shape index (κ3) is 17.3. The zero-order chi connectivity index (χ0) is 47.5. The van der Waals surface area contributed by atoms with Crippen molar-refractivity contribution in [2.75, 3.05) is 19.1 Å². The van der Waals surface area contributed by atoms with Crippen LogP contribution in [0.3, 0.4) is 0 Å². The second-order valence-electron chi connectivity index (χ2n) is 14.3. The van der Waals surface area contributed by atoms with Crippen LogP contribution in [0, 0.1) is 58.0 Å². The van der Waals surface area contributed by atoms with Crippen LogP contribution < -0.4 is 0 Å². The SMILES string of the molecule is C=CC(=O)OCCCCC#Cc1ccc(-c2ccc(-c3ccc(C#N)cc3)c(F)c2)cc1.N#Cc1ccc(-c2ccc(-c3ccc(C#CCCCCO)cc3)cc2F)cc1.O=C(Cl)CCCl. The van der Waals surface area contributed by atoms with Gasteiger partial charge in [-0.2, -0.15) is 10.5 Å². The number of alkyl halides is 1. The first-order valence-corrected chi connectivity index (χ1v) is 21.9. The molecule has 0 aliphatic rings. The van der Waals surface area contributed by atoms with E-state index in [1.54, 1.807) is 60.7 Å². The number of hydrogen-bond donors (Lipinski definition) is 1. The highest BCUT2D eigenvalue weighted by Gasteiger charge is 2.10. The summed E-state index contributed by atoms with van der Waals surface area (Å²) >= 11 is 9.95. The van der Waals surface area contributed by atoms with Gasteiger partial charge in [0.25, 0.3) is 0 Å². The normalized spacial score (nSPS) is 9.80. The molecule has 0 radical (unpaired) electrons. The van der Waals surface area contributed by atoms with E-state index in [1.165, 1.54) is 12.1 Å². The summed E-state index contributed by atoms with van der Waals surface area (Å²) in [5, 5.41) is 26.2. The summed E-state index contributed by atoms with van der Waals surface area (Å²) in [6.45, 7) is 3.93. The van der Waals surface area contributed by atoms with Crippen LogP contribution in [0.5, 0.6) is 0 Å². The number of hydrogen-bond acceptors (Lipinski definition) is 6. The number of aliphatic hydroxyl groups is 1. The molecule has 10 heteroatoms. The van der Waals surface area contributed by atoms with Crippen LogP contribution in [0.15, 0.2) is 146 Å². The number of nitrogens with zero attached hydrogens (tertiary/aromatic N) is 2. The number of halogens is 4. The summed E-state index contributed by atoms with van der Waals surface area (Å²) in [4.78, 5) is 20.7. The molecule has 332 valence electrons. The Labute approximate surface area is 395 Å². The molecule has 0 bridgehead atoms. The van der Waals surface area contributed by atoms with Crippen molar-refractivity contribution < 1.29 is 28.2 Å². The molecular formula is C56H46Cl2F2N2O4. The minimum absolute atomic E-state index is 0.205. The first-order chi connectivity index (χ1) is 32.1. The molecule has 6 rings (SSSR count). The van der Waals surface area contributed by atoms with E-state index < -0.39 is 5.97 Å². The van der Waals surface area contributed by atoms with Crippen molar-refractivity contribution in [3.05, 3.63) is 180 Å². The highest BCUT2D eigenvalue weighted by Crippen LogP contribution is 2.30. The number of rotatable bonds is 14. The van der Waals surface area contributed by atoms with Gasteiger partial charge in [0.1, 0.15) is 11.6 Å². The standard InChI is InChI=1S/C28H22FNO2.C25H20FNO.C3H4Cl2O/c1-2-28(31)32-18-6-4-3-5-7-21-8-12-23(13-9-21)25-16-17-26(27(29)19-25)24-14-10-22(20-30)11-15-24;26-25-17-23(14-15-24(25)22-12-8-20(18-27)9-13-22)21-10-6-19(7-11-21)5-3-1-2-4-16-28;4-2-1-3(5)6/h2,8-17,19H,1,3-4,6,18H2;6-15,17,28H,1-2,4,16H2;1-2H2. The number of esters is 1. The van der Waals surface area contributed by atoms with Crippen molar-refractivity contribution in [2.24, 2.45) is 0 Å². The average molecular weight is 920 g/mol. The number of ether oxygens (including phenoxy) is 1. The minimum atomic E-state index is -0.403. The van der Waals surface area contributed by atoms with Crippen LogP contribution in [0.4, 0.5) is 8.78 Å². The number of unbranched alkanes of at least 4 members (excludes halogenated alkanes) is 4. The molecule has 0 aromatic heterocycles. The van der Waals surface area contributed by atoms with E-state index in [4.69, 9.17) is 43.6 Å². The maximum Gasteiger partial charge on any atom is 0.330 e. The Bertz CT molecular complexity index is 2750. The molecule has 1 N–H and O–H groups in total. The first-order valence-electron chi connectivity index (χ1n) is 21.0. The van der Waals surface area contributed by atoms with Gasteiger partial charge in [0.15, 0.2) is 0 Å². The van der Waals surface area contributed by atoms with Crippen molar-refractivity contribution in [2.45, 2.75) is 44.9 Å². The first kappa shape index (κ1) is 51.3. The molecule has 0 saturated heterocycles.